The molecule has 1 aromatic heterocycles. The maximum absolute atomic E-state index is 10.6. The number of carbonyl (C=O) groups excluding carboxylic acids is 1. The van der Waals surface area contributed by atoms with Gasteiger partial charge < -0.3 is 0 Å². The summed E-state index contributed by atoms with van der Waals surface area (Å²) in [6.45, 7) is 1.48. The van der Waals surface area contributed by atoms with Crippen LogP contribution in [0, 0.1) is 6.07 Å². The molecule has 0 bridgehead atoms. The molecule has 5 heteroatoms. The molecule has 0 atom stereocenters. The predicted molar refractivity (Wildman–Crippen MR) is 62.6 cm³/mol. The molecule has 2 rings (SSSR count). The van der Waals surface area contributed by atoms with Crippen molar-refractivity contribution in [2.24, 2.45) is 5.10 Å². The monoisotopic (exact) mass is 310 g/mol. The largest absolute Gasteiger partial charge is 0.293 e. The van der Waals surface area contributed by atoms with Crippen molar-refractivity contribution in [3.63, 3.8) is 0 Å². The zero-order chi connectivity index (χ0) is 10.7. The third kappa shape index (κ3) is 3.75. The normalized spacial score (nSPS) is 14.3. The Kier molecular flexibility index (Phi) is 5.80. The van der Waals surface area contributed by atoms with Crippen molar-refractivity contribution >= 4 is 28.3 Å². The fourth-order valence-corrected chi connectivity index (χ4v) is 2.68. The first kappa shape index (κ1) is 14.0. The van der Waals surface area contributed by atoms with E-state index in [1.54, 1.807) is 11.3 Å². The molecule has 0 saturated heterocycles. The van der Waals surface area contributed by atoms with Crippen LogP contribution in [-0.2, 0) is 50.3 Å². The van der Waals surface area contributed by atoms with Crippen molar-refractivity contribution in [1.82, 2.24) is 0 Å². The molecule has 1 aromatic rings. The average molecular weight is 310 g/mol. The number of rotatable bonds is 3. The van der Waals surface area contributed by atoms with Crippen molar-refractivity contribution < 1.29 is 37.5 Å². The Morgan fingerprint density at radius 3 is 2.94 bits per heavy atom. The van der Waals surface area contributed by atoms with E-state index in [1.807, 2.05) is 0 Å². The van der Waals surface area contributed by atoms with E-state index in [0.717, 1.165) is 17.8 Å². The second-order valence-electron chi connectivity index (χ2n) is 3.65. The van der Waals surface area contributed by atoms with E-state index in [9.17, 15) is 4.79 Å². The number of fused-ring (bicyclic) bond motifs is 1. The number of ketones is 1. The maximum atomic E-state index is 10.6. The maximum Gasteiger partial charge on any atom is 0.172 e. The molecule has 1 aliphatic rings. The minimum atomic E-state index is -0.0520. The summed E-state index contributed by atoms with van der Waals surface area (Å²) in [4.78, 5) is 12.1. The molecule has 0 aliphatic heterocycles. The summed E-state index contributed by atoms with van der Waals surface area (Å²) in [5.74, 6) is -0.0520. The van der Waals surface area contributed by atoms with Gasteiger partial charge in [-0.2, -0.15) is 5.10 Å². The van der Waals surface area contributed by atoms with E-state index < -0.39 is 0 Å². The molecule has 1 N–H and O–H groups in total. The van der Waals surface area contributed by atoms with E-state index in [0.29, 0.717) is 0 Å². The van der Waals surface area contributed by atoms with Crippen LogP contribution in [0.4, 0.5) is 5.00 Å². The SMILES string of the molecule is CC(=O)/C=N/Nc1[c-]c2c(s1)CCCC2.[Y]. The average Bonchev–Trinajstić information content (AvgIpc) is 2.59. The van der Waals surface area contributed by atoms with Gasteiger partial charge in [-0.25, -0.2) is 23.0 Å². The molecule has 3 nitrogen and oxygen atoms in total. The van der Waals surface area contributed by atoms with E-state index in [1.165, 1.54) is 36.4 Å². The zero-order valence-corrected chi connectivity index (χ0v) is 12.9. The number of Topliss-reactive ketones (excluding diaryl/α,β-unsaturated/α-hetero) is 1. The predicted octanol–water partition coefficient (Wildman–Crippen LogP) is 2.41. The molecule has 0 spiro atoms. The Labute approximate surface area is 125 Å². The summed E-state index contributed by atoms with van der Waals surface area (Å²) < 4.78 is 0. The smallest absolute Gasteiger partial charge is 0.172 e. The van der Waals surface area contributed by atoms with E-state index in [2.05, 4.69) is 16.6 Å². The number of thiophene rings is 1. The number of hydrazone groups is 1. The van der Waals surface area contributed by atoms with Crippen LogP contribution >= 0.6 is 11.3 Å². The summed E-state index contributed by atoms with van der Waals surface area (Å²) in [7, 11) is 0. The van der Waals surface area contributed by atoms with Crippen molar-refractivity contribution in [3.8, 4) is 0 Å². The van der Waals surface area contributed by atoms with Gasteiger partial charge in [-0.05, 0) is 0 Å². The third-order valence-electron chi connectivity index (χ3n) is 2.32. The van der Waals surface area contributed by atoms with Gasteiger partial charge in [0.15, 0.2) is 5.78 Å². The van der Waals surface area contributed by atoms with E-state index in [-0.39, 0.29) is 38.5 Å². The summed E-state index contributed by atoms with van der Waals surface area (Å²) in [5.41, 5.74) is 4.17. The van der Waals surface area contributed by atoms with Crippen LogP contribution < -0.4 is 5.43 Å². The number of carbonyl (C=O) groups is 1. The van der Waals surface area contributed by atoms with Crippen molar-refractivity contribution in [1.29, 1.82) is 0 Å². The Morgan fingerprint density at radius 2 is 2.25 bits per heavy atom. The summed E-state index contributed by atoms with van der Waals surface area (Å²) in [5, 5.41) is 4.76. The van der Waals surface area contributed by atoms with Crippen molar-refractivity contribution in [3.05, 3.63) is 16.5 Å². The van der Waals surface area contributed by atoms with Crippen molar-refractivity contribution in [2.75, 3.05) is 5.43 Å². The standard InChI is InChI=1S/C11H13N2OS.Y/c1-8(14)7-12-13-11-6-9-4-2-3-5-10(9)15-11;/h7,13H,2-5H2,1H3;/q-1;/b12-7+;. The molecular formula is C11H13N2OSY-. The van der Waals surface area contributed by atoms with Gasteiger partial charge in [0.1, 0.15) is 0 Å². The summed E-state index contributed by atoms with van der Waals surface area (Å²) in [6.07, 6.45) is 6.11. The van der Waals surface area contributed by atoms with E-state index >= 15 is 0 Å². The topological polar surface area (TPSA) is 41.5 Å². The Hall–Kier alpha value is -0.0561. The van der Waals surface area contributed by atoms with Gasteiger partial charge in [-0.1, -0.05) is 25.7 Å². The number of hydrogen-bond acceptors (Lipinski definition) is 4. The van der Waals surface area contributed by atoms with Gasteiger partial charge in [-0.15, -0.1) is 4.88 Å². The zero-order valence-electron chi connectivity index (χ0n) is 9.25. The van der Waals surface area contributed by atoms with Gasteiger partial charge in [0.25, 0.3) is 0 Å². The summed E-state index contributed by atoms with van der Waals surface area (Å²) in [6, 6.07) is 3.29. The second-order valence-corrected chi connectivity index (χ2v) is 4.75. The first-order chi connectivity index (χ1) is 7.25. The fraction of sp³-hybridized carbons (Fsp3) is 0.455. The molecule has 0 saturated carbocycles. The van der Waals surface area contributed by atoms with Gasteiger partial charge in [0, 0.05) is 44.6 Å². The van der Waals surface area contributed by atoms with Crippen LogP contribution in [0.15, 0.2) is 5.10 Å². The quantitative estimate of drug-likeness (QED) is 0.529. The number of aryl methyl sites for hydroxylation is 2. The first-order valence-electron chi connectivity index (χ1n) is 5.09. The second kappa shape index (κ2) is 6.62. The fourth-order valence-electron chi connectivity index (χ4n) is 1.64. The Balaban J connectivity index is 0.00000128. The van der Waals surface area contributed by atoms with Gasteiger partial charge >= 0.3 is 0 Å². The number of anilines is 1. The van der Waals surface area contributed by atoms with Crippen LogP contribution in [0.5, 0.6) is 0 Å². The van der Waals surface area contributed by atoms with Crippen LogP contribution in [0.2, 0.25) is 0 Å². The molecule has 0 fully saturated rings. The van der Waals surface area contributed by atoms with Crippen LogP contribution in [-0.4, -0.2) is 12.0 Å². The number of hydrogen-bond donors (Lipinski definition) is 1. The van der Waals surface area contributed by atoms with Gasteiger partial charge in [0.2, 0.25) is 0 Å². The molecule has 83 valence electrons. The van der Waals surface area contributed by atoms with Crippen LogP contribution in [0.3, 0.4) is 0 Å². The Bertz CT molecular complexity index is 377. The minimum absolute atomic E-state index is 0. The minimum Gasteiger partial charge on any atom is -0.293 e. The molecule has 1 radical (unpaired) electrons. The van der Waals surface area contributed by atoms with Crippen LogP contribution in [0.1, 0.15) is 30.2 Å². The first-order valence-corrected chi connectivity index (χ1v) is 5.91. The third-order valence-corrected chi connectivity index (χ3v) is 3.41. The molecular weight excluding hydrogens is 297 g/mol. The molecule has 16 heavy (non-hydrogen) atoms. The molecule has 1 heterocycles. The van der Waals surface area contributed by atoms with Crippen LogP contribution in [0.25, 0.3) is 0 Å². The molecule has 1 aliphatic carbocycles. The molecule has 0 aromatic carbocycles. The van der Waals surface area contributed by atoms with Crippen molar-refractivity contribution in [2.45, 2.75) is 32.6 Å². The Morgan fingerprint density at radius 1 is 1.50 bits per heavy atom. The molecule has 0 amide bonds. The number of nitrogens with one attached hydrogen (secondary N) is 1. The van der Waals surface area contributed by atoms with E-state index in [4.69, 9.17) is 0 Å². The number of nitrogens with zero attached hydrogens (tertiary/aromatic N) is 1. The summed E-state index contributed by atoms with van der Waals surface area (Å²) >= 11 is 1.70. The van der Waals surface area contributed by atoms with Gasteiger partial charge in [-0.3, -0.25) is 10.2 Å². The van der Waals surface area contributed by atoms with Gasteiger partial charge in [0.05, 0.1) is 6.21 Å². The molecule has 0 unspecified atom stereocenters.